The van der Waals surface area contributed by atoms with Gasteiger partial charge in [-0.1, -0.05) is 5.10 Å². The second kappa shape index (κ2) is 4.22. The van der Waals surface area contributed by atoms with E-state index in [1.54, 1.807) is 0 Å². The van der Waals surface area contributed by atoms with Crippen molar-refractivity contribution in [3.05, 3.63) is 5.89 Å². The topological polar surface area (TPSA) is 60.2 Å². The molecule has 2 aliphatic heterocycles. The van der Waals surface area contributed by atoms with Crippen molar-refractivity contribution in [1.29, 1.82) is 0 Å². The van der Waals surface area contributed by atoms with Crippen LogP contribution in [0.1, 0.15) is 25.2 Å². The van der Waals surface area contributed by atoms with Crippen LogP contribution in [0.25, 0.3) is 0 Å². The standard InChI is InChI=1S/C10H14ClN3O2/c11-4-3-9-13-14-10(16-9)12-7-5-6-1-2-8(7)15-6/h6-8H,1-5H2,(H,12,14). The predicted molar refractivity (Wildman–Crippen MR) is 58.6 cm³/mol. The number of aromatic nitrogens is 2. The molecule has 16 heavy (non-hydrogen) atoms. The highest BCUT2D eigenvalue weighted by Gasteiger charge is 2.41. The molecule has 1 aromatic rings. The highest BCUT2D eigenvalue weighted by atomic mass is 35.5. The average molecular weight is 244 g/mol. The zero-order valence-electron chi connectivity index (χ0n) is 8.86. The fraction of sp³-hybridized carbons (Fsp3) is 0.800. The Morgan fingerprint density at radius 1 is 1.38 bits per heavy atom. The van der Waals surface area contributed by atoms with Gasteiger partial charge in [-0.2, -0.15) is 0 Å². The van der Waals surface area contributed by atoms with Crippen LogP contribution in [0, 0.1) is 0 Å². The van der Waals surface area contributed by atoms with E-state index in [4.69, 9.17) is 20.8 Å². The lowest BCUT2D eigenvalue weighted by Gasteiger charge is -2.18. The number of aryl methyl sites for hydroxylation is 1. The van der Waals surface area contributed by atoms with Gasteiger partial charge in [0.15, 0.2) is 0 Å². The zero-order chi connectivity index (χ0) is 11.0. The molecule has 0 radical (unpaired) electrons. The van der Waals surface area contributed by atoms with E-state index >= 15 is 0 Å². The first kappa shape index (κ1) is 10.4. The Morgan fingerprint density at radius 3 is 3.00 bits per heavy atom. The Kier molecular flexibility index (Phi) is 2.73. The summed E-state index contributed by atoms with van der Waals surface area (Å²) < 4.78 is 11.2. The number of nitrogens with one attached hydrogen (secondary N) is 1. The summed E-state index contributed by atoms with van der Waals surface area (Å²) >= 11 is 5.60. The smallest absolute Gasteiger partial charge is 0.315 e. The molecule has 5 nitrogen and oxygen atoms in total. The average Bonchev–Trinajstić information content (AvgIpc) is 2.95. The molecule has 0 aliphatic carbocycles. The molecule has 1 N–H and O–H groups in total. The second-order valence-corrected chi connectivity index (χ2v) is 4.68. The van der Waals surface area contributed by atoms with E-state index in [2.05, 4.69) is 15.5 Å². The third-order valence-electron chi connectivity index (χ3n) is 3.19. The van der Waals surface area contributed by atoms with Gasteiger partial charge in [-0.3, -0.25) is 0 Å². The molecule has 2 fully saturated rings. The van der Waals surface area contributed by atoms with Gasteiger partial charge in [-0.05, 0) is 19.3 Å². The minimum Gasteiger partial charge on any atom is -0.408 e. The van der Waals surface area contributed by atoms with Gasteiger partial charge in [0.1, 0.15) is 0 Å². The maximum atomic E-state index is 5.74. The van der Waals surface area contributed by atoms with E-state index in [-0.39, 0.29) is 0 Å². The highest BCUT2D eigenvalue weighted by molar-refractivity contribution is 6.17. The molecule has 3 unspecified atom stereocenters. The number of fused-ring (bicyclic) bond motifs is 2. The molecule has 6 heteroatoms. The molecule has 0 saturated carbocycles. The van der Waals surface area contributed by atoms with Crippen molar-refractivity contribution < 1.29 is 9.15 Å². The molecule has 0 spiro atoms. The minimum absolute atomic E-state index is 0.313. The van der Waals surface area contributed by atoms with Crippen molar-refractivity contribution in [2.75, 3.05) is 11.2 Å². The van der Waals surface area contributed by atoms with Crippen LogP contribution < -0.4 is 5.32 Å². The van der Waals surface area contributed by atoms with Crippen LogP contribution in [0.5, 0.6) is 0 Å². The van der Waals surface area contributed by atoms with Crippen LogP contribution in [0.15, 0.2) is 4.42 Å². The van der Waals surface area contributed by atoms with Crippen molar-refractivity contribution in [1.82, 2.24) is 10.2 Å². The number of hydrogen-bond donors (Lipinski definition) is 1. The molecule has 3 rings (SSSR count). The van der Waals surface area contributed by atoms with Gasteiger partial charge in [0.05, 0.1) is 18.2 Å². The summed E-state index contributed by atoms with van der Waals surface area (Å²) in [5.74, 6) is 1.08. The Labute approximate surface area is 98.5 Å². The van der Waals surface area contributed by atoms with Gasteiger partial charge in [-0.15, -0.1) is 16.7 Å². The van der Waals surface area contributed by atoms with Crippen molar-refractivity contribution in [3.8, 4) is 0 Å². The first-order chi connectivity index (χ1) is 7.85. The van der Waals surface area contributed by atoms with Gasteiger partial charge in [-0.25, -0.2) is 0 Å². The number of alkyl halides is 1. The van der Waals surface area contributed by atoms with Gasteiger partial charge >= 0.3 is 6.01 Å². The minimum atomic E-state index is 0.313. The zero-order valence-corrected chi connectivity index (χ0v) is 9.61. The summed E-state index contributed by atoms with van der Waals surface area (Å²) in [7, 11) is 0. The third-order valence-corrected chi connectivity index (χ3v) is 3.38. The number of anilines is 1. The normalized spacial score (nSPS) is 32.2. The van der Waals surface area contributed by atoms with E-state index in [9.17, 15) is 0 Å². The summed E-state index contributed by atoms with van der Waals surface area (Å²) in [6.45, 7) is 0. The Morgan fingerprint density at radius 2 is 2.31 bits per heavy atom. The van der Waals surface area contributed by atoms with E-state index < -0.39 is 0 Å². The lowest BCUT2D eigenvalue weighted by atomic mass is 9.96. The van der Waals surface area contributed by atoms with Crippen LogP contribution in [-0.4, -0.2) is 34.3 Å². The molecule has 1 aromatic heterocycles. The Hall–Kier alpha value is -0.810. The number of halogens is 1. The molecule has 0 aromatic carbocycles. The summed E-state index contributed by atoms with van der Waals surface area (Å²) in [5.41, 5.74) is 0. The summed E-state index contributed by atoms with van der Waals surface area (Å²) in [5, 5.41) is 11.1. The number of ether oxygens (including phenoxy) is 1. The lowest BCUT2D eigenvalue weighted by molar-refractivity contribution is 0.102. The van der Waals surface area contributed by atoms with Gasteiger partial charge < -0.3 is 14.5 Å². The molecule has 88 valence electrons. The van der Waals surface area contributed by atoms with Crippen molar-refractivity contribution >= 4 is 17.6 Å². The first-order valence-electron chi connectivity index (χ1n) is 5.65. The predicted octanol–water partition coefficient (Wildman–Crippen LogP) is 1.58. The van der Waals surface area contributed by atoms with E-state index in [0.29, 0.717) is 42.5 Å². The summed E-state index contributed by atoms with van der Waals surface area (Å²) in [6, 6.07) is 0.810. The molecule has 3 atom stereocenters. The van der Waals surface area contributed by atoms with Crippen LogP contribution >= 0.6 is 11.6 Å². The molecule has 2 bridgehead atoms. The second-order valence-electron chi connectivity index (χ2n) is 4.30. The fourth-order valence-corrected chi connectivity index (χ4v) is 2.60. The number of hydrogen-bond acceptors (Lipinski definition) is 5. The fourth-order valence-electron chi connectivity index (χ4n) is 2.44. The SMILES string of the molecule is ClCCc1nnc(NC2CC3CCC2O3)o1. The summed E-state index contributed by atoms with van der Waals surface area (Å²) in [6.07, 6.45) is 4.71. The van der Waals surface area contributed by atoms with Crippen molar-refractivity contribution in [3.63, 3.8) is 0 Å². The van der Waals surface area contributed by atoms with Gasteiger partial charge in [0.2, 0.25) is 5.89 Å². The van der Waals surface area contributed by atoms with Crippen LogP contribution in [0.4, 0.5) is 6.01 Å². The monoisotopic (exact) mass is 243 g/mol. The highest BCUT2D eigenvalue weighted by Crippen LogP contribution is 2.35. The van der Waals surface area contributed by atoms with Crippen LogP contribution in [-0.2, 0) is 11.2 Å². The largest absolute Gasteiger partial charge is 0.408 e. The molecule has 2 saturated heterocycles. The van der Waals surface area contributed by atoms with Crippen LogP contribution in [0.3, 0.4) is 0 Å². The molecular weight excluding hydrogens is 230 g/mol. The first-order valence-corrected chi connectivity index (χ1v) is 6.19. The molecular formula is C10H14ClN3O2. The third kappa shape index (κ3) is 1.89. The maximum Gasteiger partial charge on any atom is 0.315 e. The molecule has 2 aliphatic rings. The van der Waals surface area contributed by atoms with Gasteiger partial charge in [0, 0.05) is 12.3 Å². The maximum absolute atomic E-state index is 5.74. The molecule has 3 heterocycles. The quantitative estimate of drug-likeness (QED) is 0.814. The Balaban J connectivity index is 1.61. The van der Waals surface area contributed by atoms with Crippen molar-refractivity contribution in [2.24, 2.45) is 0 Å². The number of rotatable bonds is 4. The van der Waals surface area contributed by atoms with Gasteiger partial charge in [0.25, 0.3) is 0 Å². The van der Waals surface area contributed by atoms with E-state index in [1.807, 2.05) is 0 Å². The van der Waals surface area contributed by atoms with E-state index in [1.165, 1.54) is 6.42 Å². The number of nitrogens with zero attached hydrogens (tertiary/aromatic N) is 2. The summed E-state index contributed by atoms with van der Waals surface area (Å²) in [4.78, 5) is 0. The van der Waals surface area contributed by atoms with E-state index in [0.717, 1.165) is 12.8 Å². The van der Waals surface area contributed by atoms with Crippen LogP contribution in [0.2, 0.25) is 0 Å². The Bertz CT molecular complexity index is 371. The molecule has 0 amide bonds. The van der Waals surface area contributed by atoms with Crippen molar-refractivity contribution in [2.45, 2.75) is 43.9 Å². The lowest BCUT2D eigenvalue weighted by Crippen LogP contribution is -2.30.